The van der Waals surface area contributed by atoms with E-state index in [2.05, 4.69) is 17.6 Å². The summed E-state index contributed by atoms with van der Waals surface area (Å²) < 4.78 is 0. The van der Waals surface area contributed by atoms with E-state index in [0.29, 0.717) is 5.41 Å². The zero-order valence-corrected chi connectivity index (χ0v) is 10.3. The number of carbonyl (C=O) groups is 1. The van der Waals surface area contributed by atoms with E-state index in [-0.39, 0.29) is 11.9 Å². The van der Waals surface area contributed by atoms with Gasteiger partial charge in [-0.25, -0.2) is 0 Å². The third-order valence-corrected chi connectivity index (χ3v) is 4.22. The van der Waals surface area contributed by atoms with Crippen LogP contribution in [-0.4, -0.2) is 25.0 Å². The van der Waals surface area contributed by atoms with Crippen molar-refractivity contribution in [2.75, 3.05) is 13.1 Å². The van der Waals surface area contributed by atoms with Crippen LogP contribution in [0.2, 0.25) is 0 Å². The van der Waals surface area contributed by atoms with Gasteiger partial charge in [-0.15, -0.1) is 0 Å². The lowest BCUT2D eigenvalue weighted by Crippen LogP contribution is -2.45. The molecule has 0 bridgehead atoms. The average Bonchev–Trinajstić information content (AvgIpc) is 3.11. The number of carbonyl (C=O) groups excluding carboxylic acids is 1. The number of hydrogen-bond donors (Lipinski definition) is 2. The molecule has 1 aliphatic heterocycles. The van der Waals surface area contributed by atoms with Crippen LogP contribution in [0.4, 0.5) is 0 Å². The van der Waals surface area contributed by atoms with Crippen molar-refractivity contribution in [3.63, 3.8) is 0 Å². The summed E-state index contributed by atoms with van der Waals surface area (Å²) in [5.41, 5.74) is 0.459. The summed E-state index contributed by atoms with van der Waals surface area (Å²) in [4.78, 5) is 12.0. The Morgan fingerprint density at radius 3 is 2.88 bits per heavy atom. The number of hydrogen-bond acceptors (Lipinski definition) is 2. The number of amides is 1. The highest BCUT2D eigenvalue weighted by Crippen LogP contribution is 2.47. The fraction of sp³-hybridized carbons (Fsp3) is 0.923. The number of nitrogens with one attached hydrogen (secondary N) is 2. The molecule has 1 atom stereocenters. The van der Waals surface area contributed by atoms with E-state index in [1.165, 1.54) is 38.5 Å². The molecule has 2 aliphatic rings. The second-order valence-corrected chi connectivity index (χ2v) is 5.43. The van der Waals surface area contributed by atoms with E-state index in [4.69, 9.17) is 0 Å². The molecule has 0 aromatic heterocycles. The fourth-order valence-electron chi connectivity index (χ4n) is 2.48. The van der Waals surface area contributed by atoms with E-state index >= 15 is 0 Å². The summed E-state index contributed by atoms with van der Waals surface area (Å²) in [5, 5.41) is 6.48. The Labute approximate surface area is 98.4 Å². The van der Waals surface area contributed by atoms with E-state index < -0.39 is 0 Å². The second kappa shape index (κ2) is 5.17. The van der Waals surface area contributed by atoms with Crippen LogP contribution in [0.5, 0.6) is 0 Å². The first-order valence-electron chi connectivity index (χ1n) is 6.77. The molecule has 0 radical (unpaired) electrons. The van der Waals surface area contributed by atoms with Gasteiger partial charge in [0, 0.05) is 6.54 Å². The molecular weight excluding hydrogens is 200 g/mol. The molecular formula is C13H24N2O. The highest BCUT2D eigenvalue weighted by Gasteiger charge is 2.40. The van der Waals surface area contributed by atoms with Crippen molar-refractivity contribution in [1.29, 1.82) is 0 Å². The summed E-state index contributed by atoms with van der Waals surface area (Å²) in [5.74, 6) is 0.224. The Morgan fingerprint density at radius 1 is 1.38 bits per heavy atom. The minimum Gasteiger partial charge on any atom is -0.354 e. The smallest absolute Gasteiger partial charge is 0.237 e. The lowest BCUT2D eigenvalue weighted by atomic mass is 10.0. The molecule has 1 unspecified atom stereocenters. The van der Waals surface area contributed by atoms with Crippen molar-refractivity contribution in [3.8, 4) is 0 Å². The van der Waals surface area contributed by atoms with Gasteiger partial charge in [-0.3, -0.25) is 4.79 Å². The monoisotopic (exact) mass is 224 g/mol. The van der Waals surface area contributed by atoms with Gasteiger partial charge < -0.3 is 10.6 Å². The normalized spacial score (nSPS) is 28.2. The fourth-order valence-corrected chi connectivity index (χ4v) is 2.48. The Hall–Kier alpha value is -0.570. The Balaban J connectivity index is 1.74. The van der Waals surface area contributed by atoms with Crippen molar-refractivity contribution in [2.45, 2.75) is 57.9 Å². The van der Waals surface area contributed by atoms with Gasteiger partial charge >= 0.3 is 0 Å². The van der Waals surface area contributed by atoms with Gasteiger partial charge in [0.2, 0.25) is 5.91 Å². The predicted octanol–water partition coefficient (Wildman–Crippen LogP) is 1.82. The zero-order chi connectivity index (χ0) is 11.4. The van der Waals surface area contributed by atoms with Gasteiger partial charge in [-0.05, 0) is 44.1 Å². The van der Waals surface area contributed by atoms with E-state index in [0.717, 1.165) is 19.5 Å². The minimum atomic E-state index is 0.0650. The summed E-state index contributed by atoms with van der Waals surface area (Å²) >= 11 is 0. The molecule has 1 amide bonds. The van der Waals surface area contributed by atoms with Gasteiger partial charge in [-0.1, -0.05) is 19.8 Å². The zero-order valence-electron chi connectivity index (χ0n) is 10.3. The van der Waals surface area contributed by atoms with Crippen molar-refractivity contribution >= 4 is 5.91 Å². The first-order chi connectivity index (χ1) is 7.76. The molecule has 1 saturated heterocycles. The van der Waals surface area contributed by atoms with Gasteiger partial charge in [0.25, 0.3) is 0 Å². The van der Waals surface area contributed by atoms with Gasteiger partial charge in [0.1, 0.15) is 0 Å². The Bertz CT molecular complexity index is 240. The second-order valence-electron chi connectivity index (χ2n) is 5.43. The van der Waals surface area contributed by atoms with Crippen LogP contribution in [0.3, 0.4) is 0 Å². The average molecular weight is 224 g/mol. The van der Waals surface area contributed by atoms with E-state index in [9.17, 15) is 4.79 Å². The molecule has 0 aromatic carbocycles. The molecule has 2 fully saturated rings. The minimum absolute atomic E-state index is 0.0650. The van der Waals surface area contributed by atoms with Crippen LogP contribution in [0.25, 0.3) is 0 Å². The summed E-state index contributed by atoms with van der Waals surface area (Å²) in [7, 11) is 0. The maximum absolute atomic E-state index is 12.0. The summed E-state index contributed by atoms with van der Waals surface area (Å²) in [6, 6.07) is 0.0650. The van der Waals surface area contributed by atoms with Crippen LogP contribution in [0.15, 0.2) is 0 Å². The van der Waals surface area contributed by atoms with E-state index in [1.807, 2.05) is 0 Å². The number of rotatable bonds is 4. The lowest BCUT2D eigenvalue weighted by Gasteiger charge is -2.18. The molecule has 2 rings (SSSR count). The summed E-state index contributed by atoms with van der Waals surface area (Å²) in [6.45, 7) is 4.11. The first kappa shape index (κ1) is 11.9. The van der Waals surface area contributed by atoms with Crippen molar-refractivity contribution in [3.05, 3.63) is 0 Å². The quantitative estimate of drug-likeness (QED) is 0.765. The molecule has 92 valence electrons. The largest absolute Gasteiger partial charge is 0.354 e. The standard InChI is InChI=1S/C13H24N2O/c1-2-13(7-8-13)10-15-12(16)11-6-4-3-5-9-14-11/h11,14H,2-10H2,1H3,(H,15,16). The van der Waals surface area contributed by atoms with E-state index in [1.54, 1.807) is 0 Å². The first-order valence-corrected chi connectivity index (χ1v) is 6.77. The van der Waals surface area contributed by atoms with Crippen LogP contribution in [0, 0.1) is 5.41 Å². The molecule has 3 nitrogen and oxygen atoms in total. The predicted molar refractivity (Wildman–Crippen MR) is 65.2 cm³/mol. The molecule has 1 heterocycles. The SMILES string of the molecule is CCC1(CNC(=O)C2CCCCCN2)CC1. The molecule has 16 heavy (non-hydrogen) atoms. The third-order valence-electron chi connectivity index (χ3n) is 4.22. The molecule has 1 saturated carbocycles. The van der Waals surface area contributed by atoms with Gasteiger partial charge in [-0.2, -0.15) is 0 Å². The van der Waals surface area contributed by atoms with Gasteiger partial charge in [0.05, 0.1) is 6.04 Å². The summed E-state index contributed by atoms with van der Waals surface area (Å²) in [6.07, 6.45) is 8.45. The molecule has 0 spiro atoms. The molecule has 0 aromatic rings. The van der Waals surface area contributed by atoms with Crippen LogP contribution in [-0.2, 0) is 4.79 Å². The maximum Gasteiger partial charge on any atom is 0.237 e. The van der Waals surface area contributed by atoms with Crippen LogP contribution >= 0.6 is 0 Å². The highest BCUT2D eigenvalue weighted by atomic mass is 16.2. The highest BCUT2D eigenvalue weighted by molar-refractivity contribution is 5.81. The molecule has 2 N–H and O–H groups in total. The van der Waals surface area contributed by atoms with Crippen molar-refractivity contribution in [1.82, 2.24) is 10.6 Å². The molecule has 1 aliphatic carbocycles. The van der Waals surface area contributed by atoms with Crippen LogP contribution in [0.1, 0.15) is 51.9 Å². The van der Waals surface area contributed by atoms with Crippen molar-refractivity contribution in [2.24, 2.45) is 5.41 Å². The third kappa shape index (κ3) is 2.97. The Morgan fingerprint density at radius 2 is 2.19 bits per heavy atom. The Kier molecular flexibility index (Phi) is 3.85. The van der Waals surface area contributed by atoms with Gasteiger partial charge in [0.15, 0.2) is 0 Å². The van der Waals surface area contributed by atoms with Crippen molar-refractivity contribution < 1.29 is 4.79 Å². The maximum atomic E-state index is 12.0. The van der Waals surface area contributed by atoms with Crippen LogP contribution < -0.4 is 10.6 Å². The lowest BCUT2D eigenvalue weighted by molar-refractivity contribution is -0.123. The molecule has 3 heteroatoms. The topological polar surface area (TPSA) is 41.1 Å².